The van der Waals surface area contributed by atoms with Gasteiger partial charge < -0.3 is 5.32 Å². The lowest BCUT2D eigenvalue weighted by Crippen LogP contribution is -2.32. The van der Waals surface area contributed by atoms with E-state index in [-0.39, 0.29) is 11.9 Å². The Hall–Kier alpha value is -2.18. The van der Waals surface area contributed by atoms with Gasteiger partial charge in [-0.1, -0.05) is 0 Å². The summed E-state index contributed by atoms with van der Waals surface area (Å²) >= 11 is 0. The molecule has 1 atom stereocenters. The molecular weight excluding hydrogens is 280 g/mol. The topological polar surface area (TPSA) is 77.6 Å². The molecule has 3 rings (SSSR count). The summed E-state index contributed by atoms with van der Waals surface area (Å²) in [5.74, 6) is 1.40. The van der Waals surface area contributed by atoms with Crippen LogP contribution in [0, 0.1) is 12.8 Å². The van der Waals surface area contributed by atoms with Crippen LogP contribution < -0.4 is 5.32 Å². The Morgan fingerprint density at radius 3 is 2.86 bits per heavy atom. The van der Waals surface area contributed by atoms with Crippen LogP contribution in [-0.2, 0) is 17.9 Å². The molecule has 1 saturated carbocycles. The van der Waals surface area contributed by atoms with Crippen LogP contribution in [0.3, 0.4) is 0 Å². The largest absolute Gasteiger partial charge is 0.346 e. The summed E-state index contributed by atoms with van der Waals surface area (Å²) in [5, 5.41) is 11.5. The smallest absolute Gasteiger partial charge is 0.222 e. The fourth-order valence-electron chi connectivity index (χ4n) is 2.67. The van der Waals surface area contributed by atoms with Gasteiger partial charge in [0.2, 0.25) is 5.91 Å². The molecule has 1 aliphatic carbocycles. The number of aromatic nitrogens is 5. The van der Waals surface area contributed by atoms with Gasteiger partial charge in [0.25, 0.3) is 0 Å². The van der Waals surface area contributed by atoms with Gasteiger partial charge in [0.15, 0.2) is 0 Å². The molecule has 118 valence electrons. The second-order valence-corrected chi connectivity index (χ2v) is 5.76. The van der Waals surface area contributed by atoms with Crippen LogP contribution >= 0.6 is 0 Å². The van der Waals surface area contributed by atoms with Crippen molar-refractivity contribution >= 4 is 5.91 Å². The second-order valence-electron chi connectivity index (χ2n) is 5.76. The van der Waals surface area contributed by atoms with Gasteiger partial charge in [-0.05, 0) is 38.7 Å². The van der Waals surface area contributed by atoms with E-state index in [0.29, 0.717) is 18.9 Å². The van der Waals surface area contributed by atoms with Crippen LogP contribution in [0.25, 0.3) is 0 Å². The molecule has 2 aromatic rings. The lowest BCUT2D eigenvalue weighted by Gasteiger charge is -2.18. The molecule has 0 aliphatic heterocycles. The zero-order valence-electron chi connectivity index (χ0n) is 13.1. The number of nitrogens with zero attached hydrogens (tertiary/aromatic N) is 5. The maximum atomic E-state index is 12.3. The Bertz CT molecular complexity index is 642. The first kappa shape index (κ1) is 14.7. The fourth-order valence-corrected chi connectivity index (χ4v) is 2.67. The van der Waals surface area contributed by atoms with E-state index < -0.39 is 0 Å². The third kappa shape index (κ3) is 3.18. The summed E-state index contributed by atoms with van der Waals surface area (Å²) in [4.78, 5) is 16.6. The van der Waals surface area contributed by atoms with Gasteiger partial charge in [-0.2, -0.15) is 10.2 Å². The molecule has 1 fully saturated rings. The number of carbonyl (C=O) groups excluding carboxylic acids is 1. The number of nitrogens with one attached hydrogen (secondary N) is 1. The molecular formula is C15H22N6O. The molecule has 0 bridgehead atoms. The Morgan fingerprint density at radius 2 is 2.23 bits per heavy atom. The summed E-state index contributed by atoms with van der Waals surface area (Å²) in [6.07, 6.45) is 6.02. The lowest BCUT2D eigenvalue weighted by molar-refractivity contribution is -0.122. The first-order valence-corrected chi connectivity index (χ1v) is 7.84. The Labute approximate surface area is 129 Å². The summed E-state index contributed by atoms with van der Waals surface area (Å²) in [5.41, 5.74) is 1.07. The van der Waals surface area contributed by atoms with Gasteiger partial charge in [0.05, 0.1) is 6.04 Å². The first-order chi connectivity index (χ1) is 10.7. The van der Waals surface area contributed by atoms with Gasteiger partial charge >= 0.3 is 0 Å². The minimum atomic E-state index is -0.0198. The normalized spacial score (nSPS) is 15.7. The Kier molecular flexibility index (Phi) is 4.22. The minimum Gasteiger partial charge on any atom is -0.346 e. The summed E-state index contributed by atoms with van der Waals surface area (Å²) in [6.45, 7) is 5.38. The molecule has 1 N–H and O–H groups in total. The number of hydrogen-bond donors (Lipinski definition) is 1. The van der Waals surface area contributed by atoms with Crippen molar-refractivity contribution in [1.29, 1.82) is 0 Å². The molecule has 7 nitrogen and oxygen atoms in total. The van der Waals surface area contributed by atoms with E-state index in [4.69, 9.17) is 0 Å². The van der Waals surface area contributed by atoms with Crippen LogP contribution in [0.1, 0.15) is 43.7 Å². The van der Waals surface area contributed by atoms with Gasteiger partial charge in [0.1, 0.15) is 12.2 Å². The molecule has 0 spiro atoms. The van der Waals surface area contributed by atoms with Crippen LogP contribution in [0.15, 0.2) is 18.6 Å². The van der Waals surface area contributed by atoms with Gasteiger partial charge in [-0.3, -0.25) is 9.48 Å². The van der Waals surface area contributed by atoms with Crippen molar-refractivity contribution in [2.45, 2.75) is 52.2 Å². The number of rotatable bonds is 7. The van der Waals surface area contributed by atoms with E-state index in [9.17, 15) is 4.79 Å². The van der Waals surface area contributed by atoms with Crippen molar-refractivity contribution in [2.24, 2.45) is 5.92 Å². The van der Waals surface area contributed by atoms with E-state index in [0.717, 1.165) is 30.9 Å². The monoisotopic (exact) mass is 302 g/mol. The van der Waals surface area contributed by atoms with Gasteiger partial charge in [0, 0.05) is 31.4 Å². The lowest BCUT2D eigenvalue weighted by atomic mass is 10.1. The Morgan fingerprint density at radius 1 is 1.41 bits per heavy atom. The van der Waals surface area contributed by atoms with Crippen molar-refractivity contribution in [1.82, 2.24) is 29.9 Å². The van der Waals surface area contributed by atoms with Crippen molar-refractivity contribution in [2.75, 3.05) is 0 Å². The maximum Gasteiger partial charge on any atom is 0.222 e. The number of aryl methyl sites for hydroxylation is 3. The van der Waals surface area contributed by atoms with E-state index in [1.54, 1.807) is 12.5 Å². The molecule has 0 aromatic carbocycles. The first-order valence-electron chi connectivity index (χ1n) is 7.84. The molecule has 2 aromatic heterocycles. The Balaban J connectivity index is 1.62. The summed E-state index contributed by atoms with van der Waals surface area (Å²) in [6, 6.07) is 1.92. The molecule has 1 unspecified atom stereocenters. The average Bonchev–Trinajstić information content (AvgIpc) is 3.10. The van der Waals surface area contributed by atoms with Crippen molar-refractivity contribution in [3.63, 3.8) is 0 Å². The SMILES string of the molecule is CCn1ncnc1C(NC(=O)CCn1nccc1C)C1CC1. The fraction of sp³-hybridized carbons (Fsp3) is 0.600. The molecule has 0 radical (unpaired) electrons. The van der Waals surface area contributed by atoms with Gasteiger partial charge in [-0.25, -0.2) is 9.67 Å². The van der Waals surface area contributed by atoms with Crippen molar-refractivity contribution < 1.29 is 4.79 Å². The molecule has 1 amide bonds. The third-order valence-electron chi connectivity index (χ3n) is 4.11. The molecule has 0 saturated heterocycles. The maximum absolute atomic E-state index is 12.3. The number of carbonyl (C=O) groups is 1. The van der Waals surface area contributed by atoms with Crippen LogP contribution in [0.5, 0.6) is 0 Å². The van der Waals surface area contributed by atoms with Crippen molar-refractivity contribution in [3.05, 3.63) is 30.1 Å². The van der Waals surface area contributed by atoms with Crippen LogP contribution in [0.4, 0.5) is 0 Å². The zero-order chi connectivity index (χ0) is 15.5. The van der Waals surface area contributed by atoms with Crippen LogP contribution in [0.2, 0.25) is 0 Å². The highest BCUT2D eigenvalue weighted by Crippen LogP contribution is 2.40. The average molecular weight is 302 g/mol. The van der Waals surface area contributed by atoms with E-state index in [1.165, 1.54) is 0 Å². The third-order valence-corrected chi connectivity index (χ3v) is 4.11. The van der Waals surface area contributed by atoms with E-state index in [1.807, 2.05) is 29.3 Å². The summed E-state index contributed by atoms with van der Waals surface area (Å²) in [7, 11) is 0. The summed E-state index contributed by atoms with van der Waals surface area (Å²) < 4.78 is 3.71. The molecule has 22 heavy (non-hydrogen) atoms. The quantitative estimate of drug-likeness (QED) is 0.840. The highest BCUT2D eigenvalue weighted by molar-refractivity contribution is 5.76. The van der Waals surface area contributed by atoms with Crippen molar-refractivity contribution in [3.8, 4) is 0 Å². The van der Waals surface area contributed by atoms with Gasteiger partial charge in [-0.15, -0.1) is 0 Å². The standard InChI is InChI=1S/C15H22N6O/c1-3-20-15(16-10-18-20)14(12-4-5-12)19-13(22)7-9-21-11(2)6-8-17-21/h6,8,10,12,14H,3-5,7,9H2,1-2H3,(H,19,22). The highest BCUT2D eigenvalue weighted by Gasteiger charge is 2.36. The predicted octanol–water partition coefficient (Wildman–Crippen LogP) is 1.46. The highest BCUT2D eigenvalue weighted by atomic mass is 16.1. The predicted molar refractivity (Wildman–Crippen MR) is 80.9 cm³/mol. The molecule has 2 heterocycles. The number of amides is 1. The zero-order valence-corrected chi connectivity index (χ0v) is 13.1. The minimum absolute atomic E-state index is 0.0198. The molecule has 7 heteroatoms. The van der Waals surface area contributed by atoms with E-state index >= 15 is 0 Å². The number of hydrogen-bond acceptors (Lipinski definition) is 4. The second kappa shape index (κ2) is 6.29. The molecule has 1 aliphatic rings. The van der Waals surface area contributed by atoms with E-state index in [2.05, 4.69) is 20.5 Å². The van der Waals surface area contributed by atoms with Crippen LogP contribution in [-0.4, -0.2) is 30.5 Å².